The zero-order valence-corrected chi connectivity index (χ0v) is 19.8. The summed E-state index contributed by atoms with van der Waals surface area (Å²) >= 11 is 0. The molecule has 36 heavy (non-hydrogen) atoms. The molecule has 1 aromatic carbocycles. The lowest BCUT2D eigenvalue weighted by atomic mass is 9.91. The molecule has 1 aliphatic carbocycles. The number of fused-ring (bicyclic) bond motifs is 4. The van der Waals surface area contributed by atoms with Gasteiger partial charge < -0.3 is 14.2 Å². The van der Waals surface area contributed by atoms with Crippen molar-refractivity contribution in [2.75, 3.05) is 25.0 Å². The van der Waals surface area contributed by atoms with E-state index in [4.69, 9.17) is 4.42 Å². The van der Waals surface area contributed by atoms with E-state index in [2.05, 4.69) is 33.2 Å². The number of nitriles is 1. The van der Waals surface area contributed by atoms with E-state index in [0.717, 1.165) is 25.7 Å². The van der Waals surface area contributed by atoms with Crippen molar-refractivity contribution in [2.45, 2.75) is 61.7 Å². The van der Waals surface area contributed by atoms with Crippen LogP contribution in [0.25, 0.3) is 10.9 Å². The van der Waals surface area contributed by atoms with Crippen LogP contribution in [0.4, 0.5) is 18.9 Å². The Kier molecular flexibility index (Phi) is 4.40. The summed E-state index contributed by atoms with van der Waals surface area (Å²) in [6.45, 7) is -0.0643. The third-order valence-corrected chi connectivity index (χ3v) is 9.36. The van der Waals surface area contributed by atoms with Gasteiger partial charge >= 0.3 is 6.18 Å². The van der Waals surface area contributed by atoms with E-state index < -0.39 is 17.0 Å². The number of hydrogen-bond acceptors (Lipinski definition) is 7. The normalized spacial score (nSPS) is 33.6. The third kappa shape index (κ3) is 2.80. The van der Waals surface area contributed by atoms with Gasteiger partial charge in [-0.1, -0.05) is 0 Å². The molecule has 0 N–H and O–H groups in total. The van der Waals surface area contributed by atoms with Crippen LogP contribution >= 0.6 is 0 Å². The van der Waals surface area contributed by atoms with E-state index in [1.807, 2.05) is 0 Å². The van der Waals surface area contributed by atoms with Crippen LogP contribution in [0.1, 0.15) is 55.4 Å². The minimum absolute atomic E-state index is 0.0489. The molecule has 0 spiro atoms. The average Bonchev–Trinajstić information content (AvgIpc) is 3.12. The molecular formula is C26H25F3N6O. The molecule has 10 heteroatoms. The molecule has 3 aromatic rings. The fourth-order valence-corrected chi connectivity index (χ4v) is 7.30. The fraction of sp³-hybridized carbons (Fsp3) is 0.538. The largest absolute Gasteiger partial charge is 0.424 e. The second kappa shape index (κ2) is 7.19. The van der Waals surface area contributed by atoms with E-state index in [-0.39, 0.29) is 31.3 Å². The van der Waals surface area contributed by atoms with Crippen LogP contribution in [-0.4, -0.2) is 58.5 Å². The van der Waals surface area contributed by atoms with Gasteiger partial charge in [0, 0.05) is 48.4 Å². The highest BCUT2D eigenvalue weighted by atomic mass is 19.4. The number of nitrogens with zero attached hydrogens (tertiary/aromatic N) is 6. The van der Waals surface area contributed by atoms with Gasteiger partial charge in [0.05, 0.1) is 16.5 Å². The van der Waals surface area contributed by atoms with Gasteiger partial charge in [-0.3, -0.25) is 4.98 Å². The summed E-state index contributed by atoms with van der Waals surface area (Å²) in [4.78, 5) is 8.48. The van der Waals surface area contributed by atoms with E-state index in [9.17, 15) is 18.4 Å². The molecule has 2 aromatic heterocycles. The molecule has 0 radical (unpaired) electrons. The third-order valence-electron chi connectivity index (χ3n) is 9.36. The summed E-state index contributed by atoms with van der Waals surface area (Å²) in [6, 6.07) is 9.94. The van der Waals surface area contributed by atoms with Gasteiger partial charge in [0.1, 0.15) is 11.5 Å². The van der Waals surface area contributed by atoms with Crippen LogP contribution in [0.5, 0.6) is 0 Å². The predicted octanol–water partition coefficient (Wildman–Crippen LogP) is 4.54. The highest BCUT2D eigenvalue weighted by molar-refractivity contribution is 5.95. The van der Waals surface area contributed by atoms with Crippen molar-refractivity contribution < 1.29 is 17.6 Å². The Bertz CT molecular complexity index is 1400. The molecule has 0 amide bonds. The van der Waals surface area contributed by atoms with E-state index >= 15 is 0 Å². The Labute approximate surface area is 205 Å². The van der Waals surface area contributed by atoms with Gasteiger partial charge in [0.2, 0.25) is 11.8 Å². The predicted molar refractivity (Wildman–Crippen MR) is 124 cm³/mol. The first-order chi connectivity index (χ1) is 17.3. The van der Waals surface area contributed by atoms with Crippen LogP contribution in [0.3, 0.4) is 0 Å². The van der Waals surface area contributed by atoms with E-state index in [1.165, 1.54) is 0 Å². The van der Waals surface area contributed by atoms with Crippen LogP contribution in [0.2, 0.25) is 0 Å². The summed E-state index contributed by atoms with van der Waals surface area (Å²) in [5.41, 5.74) is -1.67. The van der Waals surface area contributed by atoms with Gasteiger partial charge in [0.25, 0.3) is 0 Å². The Morgan fingerprint density at radius 1 is 1.11 bits per heavy atom. The van der Waals surface area contributed by atoms with Gasteiger partial charge in [0.15, 0.2) is 0 Å². The summed E-state index contributed by atoms with van der Waals surface area (Å²) in [7, 11) is 2.15. The topological polar surface area (TPSA) is 82.1 Å². The number of hydrogen-bond donors (Lipinski definition) is 0. The van der Waals surface area contributed by atoms with Gasteiger partial charge in [-0.25, -0.2) is 0 Å². The van der Waals surface area contributed by atoms with E-state index in [0.29, 0.717) is 40.1 Å². The smallest absolute Gasteiger partial charge is 0.397 e. The number of benzene rings is 1. The number of rotatable bonds is 3. The van der Waals surface area contributed by atoms with Gasteiger partial charge in [-0.2, -0.15) is 18.4 Å². The van der Waals surface area contributed by atoms with Crippen LogP contribution in [-0.2, 0) is 5.41 Å². The number of halogens is 3. The summed E-state index contributed by atoms with van der Waals surface area (Å²) < 4.78 is 49.8. The molecule has 4 aliphatic rings. The van der Waals surface area contributed by atoms with Crippen molar-refractivity contribution in [1.29, 1.82) is 5.26 Å². The molecule has 5 atom stereocenters. The number of aromatic nitrogens is 3. The number of anilines is 1. The molecular weight excluding hydrogens is 469 g/mol. The molecule has 3 aliphatic heterocycles. The van der Waals surface area contributed by atoms with Crippen molar-refractivity contribution in [3.63, 3.8) is 0 Å². The lowest BCUT2D eigenvalue weighted by Crippen LogP contribution is -2.39. The molecule has 4 fully saturated rings. The lowest BCUT2D eigenvalue weighted by Gasteiger charge is -2.34. The van der Waals surface area contributed by atoms with Crippen LogP contribution < -0.4 is 4.90 Å². The monoisotopic (exact) mass is 494 g/mol. The minimum atomic E-state index is -4.41. The molecule has 186 valence electrons. The first-order valence-electron chi connectivity index (χ1n) is 12.4. The fourth-order valence-electron chi connectivity index (χ4n) is 7.30. The molecule has 7 nitrogen and oxygen atoms in total. The van der Waals surface area contributed by atoms with Gasteiger partial charge in [-0.05, 0) is 63.4 Å². The highest BCUT2D eigenvalue weighted by Crippen LogP contribution is 2.75. The zero-order valence-electron chi connectivity index (χ0n) is 19.8. The van der Waals surface area contributed by atoms with Crippen LogP contribution in [0.15, 0.2) is 34.9 Å². The zero-order chi connectivity index (χ0) is 24.9. The van der Waals surface area contributed by atoms with E-state index in [1.54, 1.807) is 35.4 Å². The maximum Gasteiger partial charge on any atom is 0.397 e. The number of pyridine rings is 1. The number of alkyl halides is 3. The summed E-state index contributed by atoms with van der Waals surface area (Å²) in [6.07, 6.45) is 1.22. The Hall–Kier alpha value is -3.19. The maximum absolute atomic E-state index is 14.6. The quantitative estimate of drug-likeness (QED) is 0.529. The first kappa shape index (κ1) is 22.0. The standard InChI is InChI=1S/C26H25F3N6O/c1-34-17-5-6-18(34)10-16(9-17)22-32-33-23(36-22)24-12-25(24,26(27,28)29)14-35(13-24)20-7-4-15(11-30)21-19(20)3-2-8-31-21/h2-4,7-8,16-18H,5-6,9-10,12-14H2,1H3/t16?,17-,18+,24-,25-/m0/s1. The number of piperidine rings is 2. The minimum Gasteiger partial charge on any atom is -0.424 e. The highest BCUT2D eigenvalue weighted by Gasteiger charge is 2.86. The maximum atomic E-state index is 14.6. The first-order valence-corrected chi connectivity index (χ1v) is 12.4. The summed E-state index contributed by atoms with van der Waals surface area (Å²) in [5, 5.41) is 18.7. The molecule has 3 saturated heterocycles. The van der Waals surface area contributed by atoms with Crippen LogP contribution in [0, 0.1) is 16.7 Å². The van der Waals surface area contributed by atoms with Crippen molar-refractivity contribution in [3.05, 3.63) is 47.8 Å². The van der Waals surface area contributed by atoms with Crippen molar-refractivity contribution in [2.24, 2.45) is 5.41 Å². The lowest BCUT2D eigenvalue weighted by molar-refractivity contribution is -0.187. The Balaban J connectivity index is 1.25. The van der Waals surface area contributed by atoms with Crippen molar-refractivity contribution >= 4 is 16.6 Å². The Morgan fingerprint density at radius 3 is 2.61 bits per heavy atom. The van der Waals surface area contributed by atoms with Crippen molar-refractivity contribution in [3.8, 4) is 6.07 Å². The second-order valence-electron chi connectivity index (χ2n) is 11.0. The molecule has 7 rings (SSSR count). The van der Waals surface area contributed by atoms with Gasteiger partial charge in [-0.15, -0.1) is 10.2 Å². The average molecular weight is 495 g/mol. The SMILES string of the molecule is CN1[C@@H]2CC[C@H]1CC(c1nnc([C@]34CN(c5ccc(C#N)c6ncccc56)C[C@@]3(C(F)(F)F)C4)o1)C2. The van der Waals surface area contributed by atoms with Crippen molar-refractivity contribution in [1.82, 2.24) is 20.1 Å². The summed E-state index contributed by atoms with van der Waals surface area (Å²) in [5.74, 6) is 0.694. The molecule has 1 unspecified atom stereocenters. The Morgan fingerprint density at radius 2 is 1.89 bits per heavy atom. The molecule has 5 heterocycles. The molecule has 2 bridgehead atoms. The molecule has 1 saturated carbocycles. The second-order valence-corrected chi connectivity index (χ2v) is 11.0.